The molecule has 1 aliphatic rings. The van der Waals surface area contributed by atoms with Gasteiger partial charge in [0.1, 0.15) is 22.6 Å². The van der Waals surface area contributed by atoms with E-state index in [9.17, 15) is 5.26 Å². The largest absolute Gasteiger partial charge is 0.455 e. The normalized spacial score (nSPS) is 13.8. The van der Waals surface area contributed by atoms with E-state index in [0.717, 1.165) is 34.7 Å². The van der Waals surface area contributed by atoms with Crippen LogP contribution in [0.1, 0.15) is 34.6 Å². The van der Waals surface area contributed by atoms with Crippen LogP contribution < -0.4 is 0 Å². The zero-order chi connectivity index (χ0) is 16.4. The minimum Gasteiger partial charge on any atom is -0.455 e. The summed E-state index contributed by atoms with van der Waals surface area (Å²) in [5.74, 6) is 1.52. The molecule has 1 aromatic carbocycles. The van der Waals surface area contributed by atoms with E-state index < -0.39 is 0 Å². The van der Waals surface area contributed by atoms with Crippen molar-refractivity contribution in [2.24, 2.45) is 4.99 Å². The molecular weight excluding hydrogens is 316 g/mol. The van der Waals surface area contributed by atoms with Crippen molar-refractivity contribution in [3.8, 4) is 17.4 Å². The van der Waals surface area contributed by atoms with Gasteiger partial charge in [-0.15, -0.1) is 11.3 Å². The molecule has 118 valence electrons. The van der Waals surface area contributed by atoms with Crippen LogP contribution in [-0.2, 0) is 12.8 Å². The van der Waals surface area contributed by atoms with Crippen LogP contribution in [0.2, 0.25) is 0 Å². The summed E-state index contributed by atoms with van der Waals surface area (Å²) in [6, 6.07) is 16.2. The van der Waals surface area contributed by atoms with E-state index in [1.807, 2.05) is 42.5 Å². The highest BCUT2D eigenvalue weighted by Crippen LogP contribution is 2.39. The molecule has 1 aliphatic carbocycles. The smallest absolute Gasteiger partial charge is 0.145 e. The van der Waals surface area contributed by atoms with Crippen LogP contribution >= 0.6 is 11.3 Å². The highest BCUT2D eigenvalue weighted by Gasteiger charge is 2.20. The standard InChI is InChI=1S/C20H16N2OS/c21-12-17-16-8-4-5-9-19(16)24-20(17)22-13-15-10-11-18(23-15)14-6-2-1-3-7-14/h1-3,6-7,10-11,13H,4-5,8-9H2. The molecule has 0 atom stereocenters. The van der Waals surface area contributed by atoms with E-state index in [2.05, 4.69) is 11.1 Å². The zero-order valence-electron chi connectivity index (χ0n) is 13.2. The fourth-order valence-electron chi connectivity index (χ4n) is 3.06. The van der Waals surface area contributed by atoms with Crippen LogP contribution in [0.3, 0.4) is 0 Å². The van der Waals surface area contributed by atoms with Gasteiger partial charge in [0.2, 0.25) is 0 Å². The second-order valence-electron chi connectivity index (χ2n) is 5.83. The lowest BCUT2D eigenvalue weighted by Crippen LogP contribution is -1.99. The van der Waals surface area contributed by atoms with Crippen molar-refractivity contribution in [2.75, 3.05) is 0 Å². The Labute approximate surface area is 144 Å². The molecule has 0 fully saturated rings. The molecule has 0 amide bonds. The Bertz CT molecular complexity index is 928. The van der Waals surface area contributed by atoms with Crippen molar-refractivity contribution in [1.82, 2.24) is 0 Å². The van der Waals surface area contributed by atoms with Gasteiger partial charge in [0.05, 0.1) is 11.8 Å². The number of nitrogens with zero attached hydrogens (tertiary/aromatic N) is 2. The third kappa shape index (κ3) is 2.79. The third-order valence-corrected chi connectivity index (χ3v) is 5.46. The molecule has 2 heterocycles. The fourth-order valence-corrected chi connectivity index (χ4v) is 4.24. The lowest BCUT2D eigenvalue weighted by Gasteiger charge is -2.09. The Kier molecular flexibility index (Phi) is 4.02. The molecule has 0 aliphatic heterocycles. The molecule has 4 heteroatoms. The van der Waals surface area contributed by atoms with E-state index in [0.29, 0.717) is 5.76 Å². The number of furan rings is 1. The summed E-state index contributed by atoms with van der Waals surface area (Å²) in [7, 11) is 0. The Morgan fingerprint density at radius 3 is 2.75 bits per heavy atom. The van der Waals surface area contributed by atoms with Crippen molar-refractivity contribution < 1.29 is 4.42 Å². The van der Waals surface area contributed by atoms with Crippen molar-refractivity contribution in [3.63, 3.8) is 0 Å². The van der Waals surface area contributed by atoms with E-state index in [4.69, 9.17) is 4.42 Å². The van der Waals surface area contributed by atoms with Crippen molar-refractivity contribution in [1.29, 1.82) is 5.26 Å². The summed E-state index contributed by atoms with van der Waals surface area (Å²) in [5.41, 5.74) is 3.01. The van der Waals surface area contributed by atoms with Crippen molar-refractivity contribution in [2.45, 2.75) is 25.7 Å². The van der Waals surface area contributed by atoms with Crippen molar-refractivity contribution >= 4 is 22.6 Å². The average Bonchev–Trinajstić information content (AvgIpc) is 3.24. The van der Waals surface area contributed by atoms with Gasteiger partial charge >= 0.3 is 0 Å². The Morgan fingerprint density at radius 1 is 1.08 bits per heavy atom. The minimum absolute atomic E-state index is 0.698. The zero-order valence-corrected chi connectivity index (χ0v) is 14.0. The summed E-state index contributed by atoms with van der Waals surface area (Å²) in [4.78, 5) is 5.86. The van der Waals surface area contributed by atoms with Crippen LogP contribution in [0.5, 0.6) is 0 Å². The predicted octanol–water partition coefficient (Wildman–Crippen LogP) is 5.51. The molecule has 0 radical (unpaired) electrons. The van der Waals surface area contributed by atoms with E-state index in [-0.39, 0.29) is 0 Å². The number of hydrogen-bond acceptors (Lipinski definition) is 4. The van der Waals surface area contributed by atoms with Gasteiger partial charge in [0.25, 0.3) is 0 Å². The Balaban J connectivity index is 1.61. The van der Waals surface area contributed by atoms with E-state index >= 15 is 0 Å². The number of aliphatic imine (C=N–C) groups is 1. The van der Waals surface area contributed by atoms with Crippen molar-refractivity contribution in [3.05, 3.63) is 64.2 Å². The molecular formula is C20H16N2OS. The molecule has 0 bridgehead atoms. The van der Waals surface area contributed by atoms with Crippen LogP contribution in [0, 0.1) is 11.3 Å². The van der Waals surface area contributed by atoms with Gasteiger partial charge < -0.3 is 4.42 Å². The number of fused-ring (bicyclic) bond motifs is 1. The molecule has 0 saturated heterocycles. The number of nitriles is 1. The number of hydrogen-bond donors (Lipinski definition) is 0. The molecule has 3 nitrogen and oxygen atoms in total. The van der Waals surface area contributed by atoms with Gasteiger partial charge in [-0.25, -0.2) is 4.99 Å². The highest BCUT2D eigenvalue weighted by molar-refractivity contribution is 7.16. The van der Waals surface area contributed by atoms with E-state index in [1.165, 1.54) is 23.3 Å². The number of rotatable bonds is 3. The number of benzene rings is 1. The molecule has 3 aromatic rings. The number of aryl methyl sites for hydroxylation is 1. The average molecular weight is 332 g/mol. The first-order valence-electron chi connectivity index (χ1n) is 8.09. The summed E-state index contributed by atoms with van der Waals surface area (Å²) in [6.07, 6.45) is 6.16. The molecule has 0 N–H and O–H groups in total. The third-order valence-electron chi connectivity index (χ3n) is 4.26. The quantitative estimate of drug-likeness (QED) is 0.594. The SMILES string of the molecule is N#Cc1c(N=Cc2ccc(-c3ccccc3)o2)sc2c1CCCC2. The molecule has 0 spiro atoms. The molecule has 4 rings (SSSR count). The maximum Gasteiger partial charge on any atom is 0.145 e. The second-order valence-corrected chi connectivity index (χ2v) is 6.91. The summed E-state index contributed by atoms with van der Waals surface area (Å²) < 4.78 is 5.84. The van der Waals surface area contributed by atoms with Gasteiger partial charge in [0, 0.05) is 10.4 Å². The maximum absolute atomic E-state index is 9.47. The van der Waals surface area contributed by atoms with Crippen LogP contribution in [0.15, 0.2) is 51.9 Å². The maximum atomic E-state index is 9.47. The van der Waals surface area contributed by atoms with Crippen LogP contribution in [-0.4, -0.2) is 6.21 Å². The molecule has 0 saturated carbocycles. The molecule has 2 aromatic heterocycles. The first-order valence-corrected chi connectivity index (χ1v) is 8.91. The topological polar surface area (TPSA) is 49.3 Å². The Hall–Kier alpha value is -2.64. The minimum atomic E-state index is 0.698. The predicted molar refractivity (Wildman–Crippen MR) is 97.1 cm³/mol. The summed E-state index contributed by atoms with van der Waals surface area (Å²) in [6.45, 7) is 0. The van der Waals surface area contributed by atoms with Gasteiger partial charge in [-0.1, -0.05) is 30.3 Å². The van der Waals surface area contributed by atoms with Gasteiger partial charge in [-0.3, -0.25) is 0 Å². The first-order chi connectivity index (χ1) is 11.8. The molecule has 0 unspecified atom stereocenters. The Morgan fingerprint density at radius 2 is 1.92 bits per heavy atom. The second kappa shape index (κ2) is 6.46. The van der Waals surface area contributed by atoms with E-state index in [1.54, 1.807) is 17.6 Å². The molecule has 24 heavy (non-hydrogen) atoms. The lowest BCUT2D eigenvalue weighted by atomic mass is 9.96. The van der Waals surface area contributed by atoms with Gasteiger partial charge in [-0.2, -0.15) is 5.26 Å². The van der Waals surface area contributed by atoms with Crippen LogP contribution in [0.25, 0.3) is 11.3 Å². The van der Waals surface area contributed by atoms with Crippen LogP contribution in [0.4, 0.5) is 5.00 Å². The fraction of sp³-hybridized carbons (Fsp3) is 0.200. The summed E-state index contributed by atoms with van der Waals surface area (Å²) in [5, 5.41) is 10.3. The van der Waals surface area contributed by atoms with Gasteiger partial charge in [0.15, 0.2) is 0 Å². The lowest BCUT2D eigenvalue weighted by molar-refractivity contribution is 0.575. The summed E-state index contributed by atoms with van der Waals surface area (Å²) >= 11 is 1.65. The monoisotopic (exact) mass is 332 g/mol. The first kappa shape index (κ1) is 14.9. The number of thiophene rings is 1. The highest BCUT2D eigenvalue weighted by atomic mass is 32.1. The van der Waals surface area contributed by atoms with Gasteiger partial charge in [-0.05, 0) is 43.4 Å².